The van der Waals surface area contributed by atoms with E-state index in [0.29, 0.717) is 22.3 Å². The smallest absolute Gasteiger partial charge is 0.264 e. The van der Waals surface area contributed by atoms with Gasteiger partial charge in [-0.1, -0.05) is 18.5 Å². The molecule has 1 amide bonds. The van der Waals surface area contributed by atoms with Crippen molar-refractivity contribution in [3.8, 4) is 0 Å². The van der Waals surface area contributed by atoms with Crippen LogP contribution in [0, 0.1) is 0 Å². The number of aliphatic hydroxyl groups is 1. The average Bonchev–Trinajstić information content (AvgIpc) is 2.63. The molecule has 0 radical (unpaired) electrons. The van der Waals surface area contributed by atoms with Crippen molar-refractivity contribution in [1.29, 1.82) is 0 Å². The van der Waals surface area contributed by atoms with Crippen LogP contribution in [0.2, 0.25) is 4.34 Å². The molecule has 0 saturated carbocycles. The first-order chi connectivity index (χ1) is 7.19. The van der Waals surface area contributed by atoms with Gasteiger partial charge in [-0.3, -0.25) is 4.79 Å². The van der Waals surface area contributed by atoms with E-state index in [1.165, 1.54) is 11.3 Å². The van der Waals surface area contributed by atoms with Gasteiger partial charge in [-0.15, -0.1) is 11.3 Å². The second-order valence-corrected chi connectivity index (χ2v) is 4.83. The summed E-state index contributed by atoms with van der Waals surface area (Å²) in [6, 6.07) is 3.43. The number of hydrogen-bond donors (Lipinski definition) is 1. The van der Waals surface area contributed by atoms with Gasteiger partial charge in [-0.25, -0.2) is 0 Å². The van der Waals surface area contributed by atoms with E-state index in [2.05, 4.69) is 0 Å². The summed E-state index contributed by atoms with van der Waals surface area (Å²) < 4.78 is 0.610. The zero-order valence-electron chi connectivity index (χ0n) is 8.57. The van der Waals surface area contributed by atoms with E-state index >= 15 is 0 Å². The maximum Gasteiger partial charge on any atom is 0.264 e. The van der Waals surface area contributed by atoms with Gasteiger partial charge in [-0.2, -0.15) is 0 Å². The summed E-state index contributed by atoms with van der Waals surface area (Å²) in [5, 5.41) is 8.85. The molecule has 0 unspecified atom stereocenters. The third kappa shape index (κ3) is 3.48. The standard InChI is InChI=1S/C10H14ClNO2S/c1-2-5-12(6-7-13)10(14)8-3-4-9(11)15-8/h3-4,13H,2,5-7H2,1H3. The lowest BCUT2D eigenvalue weighted by atomic mass is 10.3. The predicted octanol–water partition coefficient (Wildman–Crippen LogP) is 2.25. The molecule has 0 aliphatic rings. The Bertz CT molecular complexity index is 321. The van der Waals surface area contributed by atoms with Gasteiger partial charge in [0.1, 0.15) is 0 Å². The van der Waals surface area contributed by atoms with E-state index in [1.54, 1.807) is 17.0 Å². The Kier molecular flexibility index (Phi) is 5.08. The van der Waals surface area contributed by atoms with E-state index in [4.69, 9.17) is 16.7 Å². The van der Waals surface area contributed by atoms with Crippen LogP contribution in [0.5, 0.6) is 0 Å². The highest BCUT2D eigenvalue weighted by molar-refractivity contribution is 7.17. The second-order valence-electron chi connectivity index (χ2n) is 3.12. The Morgan fingerprint density at radius 2 is 2.27 bits per heavy atom. The first kappa shape index (κ1) is 12.5. The Morgan fingerprint density at radius 1 is 1.53 bits per heavy atom. The molecule has 0 aliphatic carbocycles. The summed E-state index contributed by atoms with van der Waals surface area (Å²) >= 11 is 7.03. The first-order valence-electron chi connectivity index (χ1n) is 4.84. The van der Waals surface area contributed by atoms with Gasteiger partial charge in [0.15, 0.2) is 0 Å². The van der Waals surface area contributed by atoms with Crippen LogP contribution in [0.3, 0.4) is 0 Å². The van der Waals surface area contributed by atoms with Crippen molar-refractivity contribution in [3.05, 3.63) is 21.3 Å². The number of carbonyl (C=O) groups excluding carboxylic acids is 1. The molecule has 0 spiro atoms. The fourth-order valence-corrected chi connectivity index (χ4v) is 2.30. The molecule has 1 rings (SSSR count). The van der Waals surface area contributed by atoms with E-state index in [0.717, 1.165) is 6.42 Å². The van der Waals surface area contributed by atoms with Crippen LogP contribution in [-0.4, -0.2) is 35.6 Å². The Balaban J connectivity index is 2.71. The largest absolute Gasteiger partial charge is 0.395 e. The lowest BCUT2D eigenvalue weighted by Gasteiger charge is -2.19. The van der Waals surface area contributed by atoms with Gasteiger partial charge in [0.2, 0.25) is 0 Å². The number of halogens is 1. The number of aliphatic hydroxyl groups excluding tert-OH is 1. The van der Waals surface area contributed by atoms with Gasteiger partial charge < -0.3 is 10.0 Å². The number of hydrogen-bond acceptors (Lipinski definition) is 3. The maximum atomic E-state index is 11.9. The van der Waals surface area contributed by atoms with Crippen LogP contribution in [0.1, 0.15) is 23.0 Å². The number of carbonyl (C=O) groups is 1. The van der Waals surface area contributed by atoms with Crippen LogP contribution in [0.4, 0.5) is 0 Å². The molecule has 0 atom stereocenters. The molecule has 1 N–H and O–H groups in total. The van der Waals surface area contributed by atoms with Gasteiger partial charge in [-0.05, 0) is 18.6 Å². The fourth-order valence-electron chi connectivity index (χ4n) is 1.29. The van der Waals surface area contributed by atoms with Crippen LogP contribution >= 0.6 is 22.9 Å². The molecule has 0 saturated heterocycles. The molecular formula is C10H14ClNO2S. The van der Waals surface area contributed by atoms with Crippen LogP contribution in [0.25, 0.3) is 0 Å². The van der Waals surface area contributed by atoms with Crippen molar-refractivity contribution in [1.82, 2.24) is 4.90 Å². The topological polar surface area (TPSA) is 40.5 Å². The minimum Gasteiger partial charge on any atom is -0.395 e. The Labute approximate surface area is 98.3 Å². The lowest BCUT2D eigenvalue weighted by Crippen LogP contribution is -2.33. The van der Waals surface area contributed by atoms with Crippen LogP contribution in [-0.2, 0) is 0 Å². The summed E-state index contributed by atoms with van der Waals surface area (Å²) in [6.07, 6.45) is 0.880. The molecule has 0 aliphatic heterocycles. The summed E-state index contributed by atoms with van der Waals surface area (Å²) in [5.74, 6) is -0.0530. The molecule has 1 aromatic rings. The van der Waals surface area contributed by atoms with Crippen molar-refractivity contribution in [2.45, 2.75) is 13.3 Å². The van der Waals surface area contributed by atoms with E-state index in [9.17, 15) is 4.79 Å². The molecule has 84 valence electrons. The van der Waals surface area contributed by atoms with Crippen molar-refractivity contribution >= 4 is 28.8 Å². The fraction of sp³-hybridized carbons (Fsp3) is 0.500. The predicted molar refractivity (Wildman–Crippen MR) is 62.6 cm³/mol. The molecule has 15 heavy (non-hydrogen) atoms. The van der Waals surface area contributed by atoms with E-state index in [-0.39, 0.29) is 12.5 Å². The summed E-state index contributed by atoms with van der Waals surface area (Å²) in [5.41, 5.74) is 0. The summed E-state index contributed by atoms with van der Waals surface area (Å²) in [7, 11) is 0. The number of nitrogens with zero attached hydrogens (tertiary/aromatic N) is 1. The average molecular weight is 248 g/mol. The van der Waals surface area contributed by atoms with Crippen LogP contribution < -0.4 is 0 Å². The van der Waals surface area contributed by atoms with Gasteiger partial charge in [0, 0.05) is 13.1 Å². The first-order valence-corrected chi connectivity index (χ1v) is 6.04. The minimum absolute atomic E-state index is 0.00908. The quantitative estimate of drug-likeness (QED) is 0.867. The van der Waals surface area contributed by atoms with E-state index in [1.807, 2.05) is 6.92 Å². The van der Waals surface area contributed by atoms with Crippen molar-refractivity contribution in [3.63, 3.8) is 0 Å². The molecule has 3 nitrogen and oxygen atoms in total. The molecule has 0 bridgehead atoms. The third-order valence-corrected chi connectivity index (χ3v) is 3.15. The Morgan fingerprint density at radius 3 is 2.73 bits per heavy atom. The Hall–Kier alpha value is -0.580. The highest BCUT2D eigenvalue weighted by Crippen LogP contribution is 2.22. The van der Waals surface area contributed by atoms with Crippen molar-refractivity contribution in [2.75, 3.05) is 19.7 Å². The molecule has 0 aromatic carbocycles. The SMILES string of the molecule is CCCN(CCO)C(=O)c1ccc(Cl)s1. The number of amides is 1. The lowest BCUT2D eigenvalue weighted by molar-refractivity contribution is 0.0727. The molecular weight excluding hydrogens is 234 g/mol. The van der Waals surface area contributed by atoms with Gasteiger partial charge >= 0.3 is 0 Å². The van der Waals surface area contributed by atoms with Crippen molar-refractivity contribution < 1.29 is 9.90 Å². The van der Waals surface area contributed by atoms with Gasteiger partial charge in [0.05, 0.1) is 15.8 Å². The normalized spacial score (nSPS) is 10.3. The highest BCUT2D eigenvalue weighted by atomic mass is 35.5. The summed E-state index contributed by atoms with van der Waals surface area (Å²) in [4.78, 5) is 14.2. The maximum absolute atomic E-state index is 11.9. The molecule has 5 heteroatoms. The monoisotopic (exact) mass is 247 g/mol. The molecule has 1 heterocycles. The zero-order valence-corrected chi connectivity index (χ0v) is 10.1. The van der Waals surface area contributed by atoms with Crippen molar-refractivity contribution in [2.24, 2.45) is 0 Å². The van der Waals surface area contributed by atoms with Gasteiger partial charge in [0.25, 0.3) is 5.91 Å². The summed E-state index contributed by atoms with van der Waals surface area (Å²) in [6.45, 7) is 3.03. The molecule has 1 aromatic heterocycles. The van der Waals surface area contributed by atoms with Crippen LogP contribution in [0.15, 0.2) is 12.1 Å². The number of thiophene rings is 1. The highest BCUT2D eigenvalue weighted by Gasteiger charge is 2.15. The second kappa shape index (κ2) is 6.10. The third-order valence-electron chi connectivity index (χ3n) is 1.93. The minimum atomic E-state index is -0.0530. The zero-order chi connectivity index (χ0) is 11.3. The number of rotatable bonds is 5. The molecule has 0 fully saturated rings. The van der Waals surface area contributed by atoms with E-state index < -0.39 is 0 Å².